The van der Waals surface area contributed by atoms with Crippen LogP contribution in [-0.2, 0) is 0 Å². The van der Waals surface area contributed by atoms with Crippen LogP contribution in [0.25, 0.3) is 0 Å². The van der Waals surface area contributed by atoms with E-state index < -0.39 is 0 Å². The predicted octanol–water partition coefficient (Wildman–Crippen LogP) is 3.94. The van der Waals surface area contributed by atoms with E-state index in [2.05, 4.69) is 25.2 Å². The van der Waals surface area contributed by atoms with E-state index in [1.54, 1.807) is 0 Å². The number of phenols is 1. The molecule has 3 atom stereocenters. The average Bonchev–Trinajstić information content (AvgIpc) is 2.27. The monoisotopic (exact) mass is 233 g/mol. The summed E-state index contributed by atoms with van der Waals surface area (Å²) in [4.78, 5) is 0. The molecule has 2 N–H and O–H groups in total. The van der Waals surface area contributed by atoms with Crippen LogP contribution in [0.2, 0.25) is 0 Å². The minimum absolute atomic E-state index is 0.381. The lowest BCUT2D eigenvalue weighted by atomic mass is 9.80. The van der Waals surface area contributed by atoms with Gasteiger partial charge in [0.1, 0.15) is 5.75 Å². The first-order chi connectivity index (χ1) is 8.06. The Kier molecular flexibility index (Phi) is 3.60. The quantitative estimate of drug-likeness (QED) is 0.811. The predicted molar refractivity (Wildman–Crippen MR) is 72.4 cm³/mol. The van der Waals surface area contributed by atoms with Crippen LogP contribution in [0.1, 0.15) is 38.7 Å². The first-order valence-electron chi connectivity index (χ1n) is 6.62. The molecule has 1 fully saturated rings. The molecule has 17 heavy (non-hydrogen) atoms. The minimum Gasteiger partial charge on any atom is -0.508 e. The lowest BCUT2D eigenvalue weighted by Gasteiger charge is -2.33. The highest BCUT2D eigenvalue weighted by Crippen LogP contribution is 2.31. The van der Waals surface area contributed by atoms with Crippen molar-refractivity contribution in [2.24, 2.45) is 11.8 Å². The van der Waals surface area contributed by atoms with E-state index >= 15 is 0 Å². The number of rotatable bonds is 2. The van der Waals surface area contributed by atoms with Gasteiger partial charge in [0.2, 0.25) is 0 Å². The molecule has 0 heterocycles. The van der Waals surface area contributed by atoms with Gasteiger partial charge in [0.05, 0.1) is 0 Å². The van der Waals surface area contributed by atoms with Crippen LogP contribution in [0, 0.1) is 18.8 Å². The standard InChI is InChI=1S/C15H23NO/c1-10-4-7-14(12(3)8-10)16-13-6-5-11(2)15(17)9-13/h5-6,9-10,12,14,16-17H,4,7-8H2,1-3H3. The molecule has 0 radical (unpaired) electrons. The van der Waals surface area contributed by atoms with Crippen LogP contribution in [0.3, 0.4) is 0 Å². The van der Waals surface area contributed by atoms with Gasteiger partial charge in [-0.15, -0.1) is 0 Å². The summed E-state index contributed by atoms with van der Waals surface area (Å²) in [5.74, 6) is 1.95. The molecule has 1 aromatic carbocycles. The van der Waals surface area contributed by atoms with Crippen molar-refractivity contribution in [2.45, 2.75) is 46.1 Å². The van der Waals surface area contributed by atoms with Crippen LogP contribution in [0.5, 0.6) is 5.75 Å². The normalized spacial score (nSPS) is 29.0. The molecule has 2 nitrogen and oxygen atoms in total. The van der Waals surface area contributed by atoms with Gasteiger partial charge in [0.25, 0.3) is 0 Å². The molecule has 0 spiro atoms. The molecule has 0 bridgehead atoms. The Bertz CT molecular complexity index is 389. The molecular formula is C15H23NO. The number of anilines is 1. The maximum Gasteiger partial charge on any atom is 0.120 e. The lowest BCUT2D eigenvalue weighted by Crippen LogP contribution is -2.32. The van der Waals surface area contributed by atoms with E-state index in [-0.39, 0.29) is 0 Å². The second-order valence-corrected chi connectivity index (χ2v) is 5.65. The van der Waals surface area contributed by atoms with Crippen LogP contribution >= 0.6 is 0 Å². The number of aromatic hydroxyl groups is 1. The molecule has 94 valence electrons. The Balaban J connectivity index is 2.02. The number of benzene rings is 1. The number of phenolic OH excluding ortho intramolecular Hbond substituents is 1. The van der Waals surface area contributed by atoms with E-state index in [0.29, 0.717) is 17.7 Å². The average molecular weight is 233 g/mol. The van der Waals surface area contributed by atoms with Crippen molar-refractivity contribution in [3.05, 3.63) is 23.8 Å². The zero-order valence-electron chi connectivity index (χ0n) is 11.0. The van der Waals surface area contributed by atoms with E-state index in [1.807, 2.05) is 19.1 Å². The summed E-state index contributed by atoms with van der Waals surface area (Å²) in [6.07, 6.45) is 3.84. The third kappa shape index (κ3) is 2.93. The van der Waals surface area contributed by atoms with Crippen molar-refractivity contribution in [1.82, 2.24) is 0 Å². The third-order valence-corrected chi connectivity index (χ3v) is 3.99. The molecule has 3 unspecified atom stereocenters. The van der Waals surface area contributed by atoms with Gasteiger partial charge in [-0.2, -0.15) is 0 Å². The molecule has 1 aromatic rings. The zero-order valence-corrected chi connectivity index (χ0v) is 11.0. The number of nitrogens with one attached hydrogen (secondary N) is 1. The Hall–Kier alpha value is -1.18. The molecule has 0 amide bonds. The van der Waals surface area contributed by atoms with Gasteiger partial charge < -0.3 is 10.4 Å². The largest absolute Gasteiger partial charge is 0.508 e. The molecule has 0 aliphatic heterocycles. The highest BCUT2D eigenvalue weighted by molar-refractivity contribution is 5.51. The van der Waals surface area contributed by atoms with Gasteiger partial charge in [-0.25, -0.2) is 0 Å². The summed E-state index contributed by atoms with van der Waals surface area (Å²) in [5, 5.41) is 13.3. The first kappa shape index (κ1) is 12.3. The molecule has 0 aromatic heterocycles. The van der Waals surface area contributed by atoms with Crippen LogP contribution < -0.4 is 5.32 Å². The second-order valence-electron chi connectivity index (χ2n) is 5.65. The third-order valence-electron chi connectivity index (χ3n) is 3.99. The summed E-state index contributed by atoms with van der Waals surface area (Å²) in [7, 11) is 0. The maximum atomic E-state index is 9.70. The van der Waals surface area contributed by atoms with Crippen LogP contribution in [0.4, 0.5) is 5.69 Å². The van der Waals surface area contributed by atoms with Crippen molar-refractivity contribution in [3.8, 4) is 5.75 Å². The zero-order chi connectivity index (χ0) is 12.4. The number of hydrogen-bond donors (Lipinski definition) is 2. The van der Waals surface area contributed by atoms with Crippen molar-refractivity contribution in [1.29, 1.82) is 0 Å². The topological polar surface area (TPSA) is 32.3 Å². The van der Waals surface area contributed by atoms with Crippen LogP contribution in [-0.4, -0.2) is 11.1 Å². The van der Waals surface area contributed by atoms with Gasteiger partial charge in [0.15, 0.2) is 0 Å². The van der Waals surface area contributed by atoms with Crippen molar-refractivity contribution in [2.75, 3.05) is 5.32 Å². The molecule has 2 rings (SSSR count). The Morgan fingerprint density at radius 3 is 2.65 bits per heavy atom. The van der Waals surface area contributed by atoms with Gasteiger partial charge in [-0.1, -0.05) is 19.9 Å². The fourth-order valence-corrected chi connectivity index (χ4v) is 2.79. The number of aryl methyl sites for hydroxylation is 1. The Morgan fingerprint density at radius 2 is 2.00 bits per heavy atom. The molecule has 1 aliphatic carbocycles. The molecular weight excluding hydrogens is 210 g/mol. The fraction of sp³-hybridized carbons (Fsp3) is 0.600. The van der Waals surface area contributed by atoms with Gasteiger partial charge in [0, 0.05) is 17.8 Å². The Morgan fingerprint density at radius 1 is 1.24 bits per heavy atom. The minimum atomic E-state index is 0.381. The van der Waals surface area contributed by atoms with Crippen molar-refractivity contribution >= 4 is 5.69 Å². The lowest BCUT2D eigenvalue weighted by molar-refractivity contribution is 0.276. The first-order valence-corrected chi connectivity index (χ1v) is 6.62. The van der Waals surface area contributed by atoms with Gasteiger partial charge >= 0.3 is 0 Å². The van der Waals surface area contributed by atoms with Crippen LogP contribution in [0.15, 0.2) is 18.2 Å². The summed E-state index contributed by atoms with van der Waals surface area (Å²) in [6, 6.07) is 6.40. The van der Waals surface area contributed by atoms with E-state index in [9.17, 15) is 5.11 Å². The van der Waals surface area contributed by atoms with Crippen molar-refractivity contribution < 1.29 is 5.11 Å². The fourth-order valence-electron chi connectivity index (χ4n) is 2.79. The SMILES string of the molecule is Cc1ccc(NC2CCC(C)CC2C)cc1O. The molecule has 2 heteroatoms. The molecule has 0 saturated heterocycles. The molecule has 1 saturated carbocycles. The highest BCUT2D eigenvalue weighted by atomic mass is 16.3. The second kappa shape index (κ2) is 4.99. The number of hydrogen-bond acceptors (Lipinski definition) is 2. The summed E-state index contributed by atoms with van der Waals surface area (Å²) >= 11 is 0. The van der Waals surface area contributed by atoms with Gasteiger partial charge in [-0.3, -0.25) is 0 Å². The summed E-state index contributed by atoms with van der Waals surface area (Å²) < 4.78 is 0. The highest BCUT2D eigenvalue weighted by Gasteiger charge is 2.25. The molecule has 1 aliphatic rings. The Labute approximate surface area is 104 Å². The van der Waals surface area contributed by atoms with E-state index in [0.717, 1.165) is 17.2 Å². The van der Waals surface area contributed by atoms with Gasteiger partial charge in [-0.05, 0) is 49.7 Å². The smallest absolute Gasteiger partial charge is 0.120 e. The maximum absolute atomic E-state index is 9.70. The van der Waals surface area contributed by atoms with E-state index in [1.165, 1.54) is 19.3 Å². The van der Waals surface area contributed by atoms with E-state index in [4.69, 9.17) is 0 Å². The summed E-state index contributed by atoms with van der Waals surface area (Å²) in [5.41, 5.74) is 1.97. The summed E-state index contributed by atoms with van der Waals surface area (Å²) in [6.45, 7) is 6.58. The van der Waals surface area contributed by atoms with Crippen molar-refractivity contribution in [3.63, 3.8) is 0 Å².